The van der Waals surface area contributed by atoms with Gasteiger partial charge >= 0.3 is 0 Å². The summed E-state index contributed by atoms with van der Waals surface area (Å²) in [5.74, 6) is 0.286. The van der Waals surface area contributed by atoms with Crippen molar-refractivity contribution < 1.29 is 14.3 Å². The molecule has 0 saturated carbocycles. The Labute approximate surface area is 197 Å². The van der Waals surface area contributed by atoms with E-state index in [0.29, 0.717) is 32.5 Å². The number of Topliss-reactive ketones (excluding diaryl/α,β-unsaturated/α-hetero) is 1. The lowest BCUT2D eigenvalue weighted by Crippen LogP contribution is -2.24. The van der Waals surface area contributed by atoms with Gasteiger partial charge in [-0.1, -0.05) is 73.7 Å². The number of anilines is 1. The Balaban J connectivity index is 1.68. The van der Waals surface area contributed by atoms with Gasteiger partial charge in [0.15, 0.2) is 6.29 Å². The van der Waals surface area contributed by atoms with Crippen molar-refractivity contribution in [3.05, 3.63) is 101 Å². The fourth-order valence-corrected chi connectivity index (χ4v) is 4.23. The maximum Gasteiger partial charge on any atom is 0.183 e. The number of carbonyl (C=O) groups excluding carboxylic acids is 1. The molecule has 0 N–H and O–H groups in total. The summed E-state index contributed by atoms with van der Waals surface area (Å²) < 4.78 is 11.7. The number of aryl methyl sites for hydroxylation is 1. The molecule has 1 fully saturated rings. The van der Waals surface area contributed by atoms with Gasteiger partial charge in [-0.15, -0.1) is 0 Å². The Bertz CT molecular complexity index is 972. The van der Waals surface area contributed by atoms with Gasteiger partial charge in [-0.05, 0) is 41.7 Å². The van der Waals surface area contributed by atoms with Gasteiger partial charge < -0.3 is 14.4 Å². The van der Waals surface area contributed by atoms with Crippen molar-refractivity contribution in [2.24, 2.45) is 0 Å². The molecule has 1 aliphatic rings. The van der Waals surface area contributed by atoms with E-state index in [2.05, 4.69) is 71.6 Å². The minimum Gasteiger partial charge on any atom is -0.363 e. The summed E-state index contributed by atoms with van der Waals surface area (Å²) >= 11 is 0. The first-order valence-electron chi connectivity index (χ1n) is 11.9. The van der Waals surface area contributed by atoms with E-state index in [1.165, 1.54) is 16.7 Å². The molecular weight excluding hydrogens is 410 g/mol. The normalized spacial score (nSPS) is 14.2. The Morgan fingerprint density at radius 2 is 1.48 bits per heavy atom. The van der Waals surface area contributed by atoms with Gasteiger partial charge in [0, 0.05) is 37.2 Å². The van der Waals surface area contributed by atoms with E-state index in [1.807, 2.05) is 19.1 Å². The molecule has 1 aliphatic heterocycles. The number of rotatable bonds is 10. The van der Waals surface area contributed by atoms with Crippen molar-refractivity contribution in [2.75, 3.05) is 18.1 Å². The molecule has 4 nitrogen and oxygen atoms in total. The summed E-state index contributed by atoms with van der Waals surface area (Å²) in [5, 5.41) is 0. The molecule has 33 heavy (non-hydrogen) atoms. The van der Waals surface area contributed by atoms with E-state index in [4.69, 9.17) is 9.47 Å². The lowest BCUT2D eigenvalue weighted by Gasteiger charge is -2.29. The maximum absolute atomic E-state index is 12.2. The summed E-state index contributed by atoms with van der Waals surface area (Å²) in [5.41, 5.74) is 5.86. The van der Waals surface area contributed by atoms with Crippen molar-refractivity contribution in [1.29, 1.82) is 0 Å². The fraction of sp³-hybridized carbons (Fsp3) is 0.345. The summed E-state index contributed by atoms with van der Waals surface area (Å²) in [6.45, 7) is 4.94. The molecule has 0 bridgehead atoms. The van der Waals surface area contributed by atoms with E-state index in [9.17, 15) is 4.79 Å². The summed E-state index contributed by atoms with van der Waals surface area (Å²) in [7, 11) is 0. The van der Waals surface area contributed by atoms with Crippen molar-refractivity contribution in [2.45, 2.75) is 52.0 Å². The molecule has 0 spiro atoms. The van der Waals surface area contributed by atoms with Crippen LogP contribution < -0.4 is 4.90 Å². The largest absolute Gasteiger partial charge is 0.363 e. The van der Waals surface area contributed by atoms with Crippen LogP contribution in [-0.4, -0.2) is 19.0 Å². The van der Waals surface area contributed by atoms with Gasteiger partial charge in [0.1, 0.15) is 5.78 Å². The molecule has 0 aromatic heterocycles. The van der Waals surface area contributed by atoms with Crippen LogP contribution in [0.2, 0.25) is 0 Å². The number of hydrogen-bond donors (Lipinski definition) is 0. The first kappa shape index (κ1) is 23.2. The first-order valence-corrected chi connectivity index (χ1v) is 11.9. The first-order chi connectivity index (χ1) is 16.2. The van der Waals surface area contributed by atoms with Gasteiger partial charge in [0.2, 0.25) is 0 Å². The van der Waals surface area contributed by atoms with Crippen LogP contribution in [-0.2, 0) is 33.8 Å². The van der Waals surface area contributed by atoms with Crippen LogP contribution in [0.5, 0.6) is 0 Å². The van der Waals surface area contributed by atoms with Crippen molar-refractivity contribution in [1.82, 2.24) is 0 Å². The predicted octanol–water partition coefficient (Wildman–Crippen LogP) is 6.24. The Morgan fingerprint density at radius 3 is 2.06 bits per heavy atom. The zero-order valence-electron chi connectivity index (χ0n) is 19.4. The van der Waals surface area contributed by atoms with Gasteiger partial charge in [0.05, 0.1) is 13.2 Å². The Morgan fingerprint density at radius 1 is 0.879 bits per heavy atom. The highest BCUT2D eigenvalue weighted by molar-refractivity contribution is 5.78. The second kappa shape index (κ2) is 11.8. The number of carbonyl (C=O) groups is 1. The third-order valence-corrected chi connectivity index (χ3v) is 6.04. The van der Waals surface area contributed by atoms with Crippen molar-refractivity contribution >= 4 is 11.5 Å². The molecule has 0 aliphatic carbocycles. The summed E-state index contributed by atoms with van der Waals surface area (Å²) in [6, 6.07) is 27.5. The molecule has 0 amide bonds. The van der Waals surface area contributed by atoms with Gasteiger partial charge in [-0.25, -0.2) is 0 Å². The van der Waals surface area contributed by atoms with E-state index in [-0.39, 0.29) is 12.1 Å². The molecule has 0 atom stereocenters. The lowest BCUT2D eigenvalue weighted by atomic mass is 9.99. The highest BCUT2D eigenvalue weighted by Crippen LogP contribution is 2.31. The van der Waals surface area contributed by atoms with Crippen molar-refractivity contribution in [3.63, 3.8) is 0 Å². The standard InChI is InChI=1S/C29H33NO3/c1-2-27(31)16-14-25-20-26(29-32-18-9-19-33-29)15-17-28(25)30(21-23-10-5-3-6-11-23)22-24-12-7-4-8-13-24/h3-8,10-13,15,17,20,29H,2,9,14,16,18-19,21-22H2,1H3. The maximum atomic E-state index is 12.2. The lowest BCUT2D eigenvalue weighted by molar-refractivity contribution is -0.183. The second-order valence-electron chi connectivity index (χ2n) is 8.53. The van der Waals surface area contributed by atoms with Crippen LogP contribution in [0.4, 0.5) is 5.69 Å². The van der Waals surface area contributed by atoms with Crippen LogP contribution in [0.15, 0.2) is 78.9 Å². The van der Waals surface area contributed by atoms with E-state index >= 15 is 0 Å². The molecule has 4 heteroatoms. The average molecular weight is 444 g/mol. The fourth-order valence-electron chi connectivity index (χ4n) is 4.23. The van der Waals surface area contributed by atoms with E-state index in [1.54, 1.807) is 0 Å². The molecule has 3 aromatic rings. The third kappa shape index (κ3) is 6.53. The van der Waals surface area contributed by atoms with Crippen LogP contribution in [0.25, 0.3) is 0 Å². The van der Waals surface area contributed by atoms with Crippen LogP contribution in [0, 0.1) is 0 Å². The van der Waals surface area contributed by atoms with E-state index in [0.717, 1.165) is 30.8 Å². The predicted molar refractivity (Wildman–Crippen MR) is 132 cm³/mol. The molecular formula is C29H33NO3. The smallest absolute Gasteiger partial charge is 0.183 e. The SMILES string of the molecule is CCC(=O)CCc1cc(C2OCCCO2)ccc1N(Cc1ccccc1)Cc1ccccc1. The molecule has 172 valence electrons. The van der Waals surface area contributed by atoms with Crippen LogP contribution in [0.1, 0.15) is 54.7 Å². The topological polar surface area (TPSA) is 38.8 Å². The second-order valence-corrected chi connectivity index (χ2v) is 8.53. The number of ether oxygens (including phenoxy) is 2. The van der Waals surface area contributed by atoms with Gasteiger partial charge in [0.25, 0.3) is 0 Å². The Hall–Kier alpha value is -2.95. The minimum atomic E-state index is -0.329. The van der Waals surface area contributed by atoms with Crippen molar-refractivity contribution in [3.8, 4) is 0 Å². The number of hydrogen-bond acceptors (Lipinski definition) is 4. The summed E-state index contributed by atoms with van der Waals surface area (Å²) in [4.78, 5) is 14.6. The van der Waals surface area contributed by atoms with Gasteiger partial charge in [-0.2, -0.15) is 0 Å². The minimum absolute atomic E-state index is 0.286. The van der Waals surface area contributed by atoms with Crippen LogP contribution in [0.3, 0.4) is 0 Å². The molecule has 1 heterocycles. The quantitative estimate of drug-likeness (QED) is 0.372. The molecule has 1 saturated heterocycles. The number of benzene rings is 3. The molecule has 3 aromatic carbocycles. The highest BCUT2D eigenvalue weighted by atomic mass is 16.7. The highest BCUT2D eigenvalue weighted by Gasteiger charge is 2.20. The Kier molecular flexibility index (Phi) is 8.29. The monoisotopic (exact) mass is 443 g/mol. The van der Waals surface area contributed by atoms with Crippen LogP contribution >= 0.6 is 0 Å². The summed E-state index contributed by atoms with van der Waals surface area (Å²) in [6.07, 6.45) is 2.42. The number of nitrogens with zero attached hydrogens (tertiary/aromatic N) is 1. The third-order valence-electron chi connectivity index (χ3n) is 6.04. The zero-order valence-corrected chi connectivity index (χ0v) is 19.4. The molecule has 0 unspecified atom stereocenters. The van der Waals surface area contributed by atoms with Gasteiger partial charge in [-0.3, -0.25) is 4.79 Å². The average Bonchev–Trinajstić information content (AvgIpc) is 2.88. The number of ketones is 1. The molecule has 0 radical (unpaired) electrons. The molecule has 4 rings (SSSR count). The zero-order chi connectivity index (χ0) is 22.9. The van der Waals surface area contributed by atoms with E-state index < -0.39 is 0 Å².